The van der Waals surface area contributed by atoms with Crippen molar-refractivity contribution in [2.45, 2.75) is 20.8 Å². The summed E-state index contributed by atoms with van der Waals surface area (Å²) in [7, 11) is 0. The first-order valence-corrected chi connectivity index (χ1v) is 7.34. The molecule has 3 N–H and O–H groups in total. The molecule has 3 heterocycles. The van der Waals surface area contributed by atoms with Gasteiger partial charge >= 0.3 is 0 Å². The van der Waals surface area contributed by atoms with Gasteiger partial charge in [0.1, 0.15) is 5.82 Å². The maximum atomic E-state index is 11.4. The maximum absolute atomic E-state index is 11.4. The van der Waals surface area contributed by atoms with Gasteiger partial charge < -0.3 is 11.1 Å². The van der Waals surface area contributed by atoms with Gasteiger partial charge in [-0.05, 0) is 32.0 Å². The molecule has 8 nitrogen and oxygen atoms in total. The van der Waals surface area contributed by atoms with Crippen LogP contribution < -0.4 is 11.1 Å². The van der Waals surface area contributed by atoms with E-state index >= 15 is 0 Å². The first kappa shape index (κ1) is 15.6. The van der Waals surface area contributed by atoms with Crippen molar-refractivity contribution in [3.05, 3.63) is 41.9 Å². The molecule has 0 spiro atoms. The van der Waals surface area contributed by atoms with E-state index in [4.69, 9.17) is 5.73 Å². The van der Waals surface area contributed by atoms with Gasteiger partial charge in [0.25, 0.3) is 5.95 Å². The molecule has 0 aromatic carbocycles. The van der Waals surface area contributed by atoms with Gasteiger partial charge in [-0.1, -0.05) is 0 Å². The number of nitrogens with one attached hydrogen (secondary N) is 1. The van der Waals surface area contributed by atoms with Crippen LogP contribution in [0.5, 0.6) is 0 Å². The second-order valence-electron chi connectivity index (χ2n) is 5.43. The second kappa shape index (κ2) is 6.07. The first-order valence-electron chi connectivity index (χ1n) is 7.34. The van der Waals surface area contributed by atoms with E-state index in [1.807, 2.05) is 19.9 Å². The van der Waals surface area contributed by atoms with Crippen LogP contribution in [-0.4, -0.2) is 30.6 Å². The van der Waals surface area contributed by atoms with Gasteiger partial charge in [0, 0.05) is 30.6 Å². The molecule has 0 aliphatic carbocycles. The van der Waals surface area contributed by atoms with E-state index < -0.39 is 0 Å². The highest BCUT2D eigenvalue weighted by atomic mass is 16.1. The highest BCUT2D eigenvalue weighted by Crippen LogP contribution is 2.21. The Balaban J connectivity index is 2.17. The summed E-state index contributed by atoms with van der Waals surface area (Å²) in [6, 6.07) is 6.98. The Morgan fingerprint density at radius 1 is 1.17 bits per heavy atom. The minimum absolute atomic E-state index is 0.223. The largest absolute Gasteiger partial charge is 0.399 e. The van der Waals surface area contributed by atoms with Gasteiger partial charge in [0.05, 0.1) is 17.1 Å². The zero-order valence-electron chi connectivity index (χ0n) is 13.6. The van der Waals surface area contributed by atoms with Crippen molar-refractivity contribution >= 4 is 17.4 Å². The predicted octanol–water partition coefficient (Wildman–Crippen LogP) is 1.88. The summed E-state index contributed by atoms with van der Waals surface area (Å²) in [5.41, 5.74) is 9.27. The van der Waals surface area contributed by atoms with Gasteiger partial charge in [0.15, 0.2) is 0 Å². The summed E-state index contributed by atoms with van der Waals surface area (Å²) in [6.45, 7) is 5.22. The van der Waals surface area contributed by atoms with Crippen LogP contribution in [-0.2, 0) is 4.79 Å². The minimum atomic E-state index is -0.223. The molecule has 1 amide bonds. The minimum Gasteiger partial charge on any atom is -0.399 e. The number of aryl methyl sites for hydroxylation is 2. The van der Waals surface area contributed by atoms with Crippen LogP contribution in [0.1, 0.15) is 18.3 Å². The highest BCUT2D eigenvalue weighted by Gasteiger charge is 2.13. The van der Waals surface area contributed by atoms with Gasteiger partial charge in [0.2, 0.25) is 5.91 Å². The number of nitrogen functional groups attached to an aromatic ring is 1. The zero-order chi connectivity index (χ0) is 17.3. The molecule has 122 valence electrons. The Bertz CT molecular complexity index is 917. The SMILES string of the molecule is CC(=O)Nc1cc(-c2cc(N)ccn2)nc(-n2nc(C)cc2C)n1. The van der Waals surface area contributed by atoms with Crippen molar-refractivity contribution in [1.29, 1.82) is 0 Å². The quantitative estimate of drug-likeness (QED) is 0.761. The number of carbonyl (C=O) groups excluding carboxylic acids is 1. The van der Waals surface area contributed by atoms with Crippen molar-refractivity contribution < 1.29 is 4.79 Å². The molecule has 0 atom stereocenters. The zero-order valence-corrected chi connectivity index (χ0v) is 13.6. The second-order valence-corrected chi connectivity index (χ2v) is 5.43. The number of pyridine rings is 1. The van der Waals surface area contributed by atoms with E-state index in [9.17, 15) is 4.79 Å². The molecule has 0 fully saturated rings. The number of aromatic nitrogens is 5. The number of rotatable bonds is 3. The lowest BCUT2D eigenvalue weighted by Crippen LogP contribution is -2.12. The van der Waals surface area contributed by atoms with Crippen LogP contribution in [0, 0.1) is 13.8 Å². The summed E-state index contributed by atoms with van der Waals surface area (Å²) >= 11 is 0. The van der Waals surface area contributed by atoms with Crippen LogP contribution in [0.3, 0.4) is 0 Å². The summed E-state index contributed by atoms with van der Waals surface area (Å²) in [4.78, 5) is 24.6. The summed E-state index contributed by atoms with van der Waals surface area (Å²) in [5.74, 6) is 0.504. The number of anilines is 2. The fourth-order valence-corrected chi connectivity index (χ4v) is 2.32. The Morgan fingerprint density at radius 3 is 2.58 bits per heavy atom. The summed E-state index contributed by atoms with van der Waals surface area (Å²) in [5, 5.41) is 7.06. The average molecular weight is 323 g/mol. The van der Waals surface area contributed by atoms with E-state index in [-0.39, 0.29) is 5.91 Å². The van der Waals surface area contributed by atoms with Crippen molar-refractivity contribution in [3.63, 3.8) is 0 Å². The van der Waals surface area contributed by atoms with E-state index in [1.165, 1.54) is 6.92 Å². The van der Waals surface area contributed by atoms with Crippen molar-refractivity contribution in [2.75, 3.05) is 11.1 Å². The predicted molar refractivity (Wildman–Crippen MR) is 90.6 cm³/mol. The van der Waals surface area contributed by atoms with Gasteiger partial charge in [-0.2, -0.15) is 10.1 Å². The van der Waals surface area contributed by atoms with Crippen LogP contribution in [0.15, 0.2) is 30.5 Å². The topological polar surface area (TPSA) is 112 Å². The molecule has 0 bridgehead atoms. The van der Waals surface area contributed by atoms with Gasteiger partial charge in [-0.25, -0.2) is 9.67 Å². The van der Waals surface area contributed by atoms with Gasteiger partial charge in [-0.15, -0.1) is 0 Å². The number of carbonyl (C=O) groups is 1. The Labute approximate surface area is 138 Å². The van der Waals surface area contributed by atoms with Crippen molar-refractivity contribution in [3.8, 4) is 17.3 Å². The third kappa shape index (κ3) is 3.22. The number of hydrogen-bond acceptors (Lipinski definition) is 6. The Morgan fingerprint density at radius 2 is 1.96 bits per heavy atom. The van der Waals surface area contributed by atoms with E-state index in [0.29, 0.717) is 28.8 Å². The highest BCUT2D eigenvalue weighted by molar-refractivity contribution is 5.88. The van der Waals surface area contributed by atoms with E-state index in [2.05, 4.69) is 25.4 Å². The van der Waals surface area contributed by atoms with Crippen molar-refractivity contribution in [1.82, 2.24) is 24.7 Å². The number of nitrogens with two attached hydrogens (primary N) is 1. The molecule has 8 heteroatoms. The van der Waals surface area contributed by atoms with E-state index in [1.54, 1.807) is 29.1 Å². The lowest BCUT2D eigenvalue weighted by molar-refractivity contribution is -0.114. The molecule has 0 aliphatic heterocycles. The molecule has 0 saturated heterocycles. The number of nitrogens with zero attached hydrogens (tertiary/aromatic N) is 5. The molecule has 24 heavy (non-hydrogen) atoms. The summed E-state index contributed by atoms with van der Waals surface area (Å²) in [6.07, 6.45) is 1.60. The molecule has 3 aromatic rings. The maximum Gasteiger partial charge on any atom is 0.253 e. The normalized spacial score (nSPS) is 10.6. The fourth-order valence-electron chi connectivity index (χ4n) is 2.32. The molecule has 0 radical (unpaired) electrons. The van der Waals surface area contributed by atoms with Crippen LogP contribution in [0.25, 0.3) is 17.3 Å². The standard InChI is InChI=1S/C16H17N7O/c1-9-6-10(2)23(22-9)16-20-14(8-15(21-16)19-11(3)24)13-7-12(17)4-5-18-13/h4-8H,1-3H3,(H2,17,18)(H,19,20,21,24). The van der Waals surface area contributed by atoms with E-state index in [0.717, 1.165) is 11.4 Å². The first-order chi connectivity index (χ1) is 11.4. The third-order valence-corrected chi connectivity index (χ3v) is 3.26. The lowest BCUT2D eigenvalue weighted by Gasteiger charge is -2.09. The number of hydrogen-bond donors (Lipinski definition) is 2. The smallest absolute Gasteiger partial charge is 0.253 e. The molecule has 0 aliphatic rings. The average Bonchev–Trinajstić information content (AvgIpc) is 2.85. The van der Waals surface area contributed by atoms with Crippen LogP contribution >= 0.6 is 0 Å². The molecule has 3 aromatic heterocycles. The molecule has 0 unspecified atom stereocenters. The fraction of sp³-hybridized carbons (Fsp3) is 0.188. The van der Waals surface area contributed by atoms with Crippen molar-refractivity contribution in [2.24, 2.45) is 0 Å². The lowest BCUT2D eigenvalue weighted by atomic mass is 10.2. The van der Waals surface area contributed by atoms with Crippen LogP contribution in [0.4, 0.5) is 11.5 Å². The molecular weight excluding hydrogens is 306 g/mol. The van der Waals surface area contributed by atoms with Crippen LogP contribution in [0.2, 0.25) is 0 Å². The van der Waals surface area contributed by atoms with Gasteiger partial charge in [-0.3, -0.25) is 9.78 Å². The molecule has 3 rings (SSSR count). The number of amides is 1. The summed E-state index contributed by atoms with van der Waals surface area (Å²) < 4.78 is 1.62. The Kier molecular flexibility index (Phi) is 3.95. The third-order valence-electron chi connectivity index (χ3n) is 3.26. The monoisotopic (exact) mass is 323 g/mol. The molecule has 0 saturated carbocycles. The Hall–Kier alpha value is -3.29. The molecular formula is C16H17N7O.